The van der Waals surface area contributed by atoms with Gasteiger partial charge in [0.15, 0.2) is 6.61 Å². The predicted octanol–water partition coefficient (Wildman–Crippen LogP) is 5.30. The fourth-order valence-electron chi connectivity index (χ4n) is 2.80. The van der Waals surface area contributed by atoms with Crippen molar-refractivity contribution in [2.45, 2.75) is 13.8 Å². The van der Waals surface area contributed by atoms with Gasteiger partial charge < -0.3 is 20.1 Å². The van der Waals surface area contributed by atoms with E-state index in [-0.39, 0.29) is 18.4 Å². The lowest BCUT2D eigenvalue weighted by Gasteiger charge is -2.13. The second-order valence-corrected chi connectivity index (χ2v) is 7.88. The van der Waals surface area contributed by atoms with Crippen LogP contribution in [0.15, 0.2) is 47.8 Å². The van der Waals surface area contributed by atoms with E-state index in [1.54, 1.807) is 36.4 Å². The van der Waals surface area contributed by atoms with Crippen molar-refractivity contribution in [2.24, 2.45) is 0 Å². The number of carbonyl (C=O) groups excluding carboxylic acids is 2. The molecule has 0 aliphatic heterocycles. The van der Waals surface area contributed by atoms with Crippen LogP contribution in [-0.4, -0.2) is 25.5 Å². The Labute approximate surface area is 183 Å². The topological polar surface area (TPSA) is 76.7 Å². The zero-order chi connectivity index (χ0) is 21.7. The monoisotopic (exact) mass is 444 g/mol. The number of rotatable bonds is 7. The third-order valence-electron chi connectivity index (χ3n) is 4.26. The smallest absolute Gasteiger partial charge is 0.265 e. The number of hydrogen-bond acceptors (Lipinski definition) is 5. The van der Waals surface area contributed by atoms with Crippen LogP contribution in [0.3, 0.4) is 0 Å². The maximum Gasteiger partial charge on any atom is 0.265 e. The Balaban J connectivity index is 1.62. The Morgan fingerprint density at radius 1 is 1.07 bits per heavy atom. The van der Waals surface area contributed by atoms with Gasteiger partial charge in [-0.05, 0) is 60.7 Å². The van der Waals surface area contributed by atoms with E-state index in [0.29, 0.717) is 32.8 Å². The van der Waals surface area contributed by atoms with Crippen molar-refractivity contribution < 1.29 is 19.1 Å². The van der Waals surface area contributed by atoms with Gasteiger partial charge in [0.2, 0.25) is 0 Å². The SMILES string of the molecule is COc1cc(NC(=O)COc2cc(C)c(Cl)c(C)c2)ccc1NC(=O)c1cccs1. The van der Waals surface area contributed by atoms with Gasteiger partial charge in [0.1, 0.15) is 11.5 Å². The van der Waals surface area contributed by atoms with Gasteiger partial charge in [-0.3, -0.25) is 9.59 Å². The summed E-state index contributed by atoms with van der Waals surface area (Å²) in [4.78, 5) is 25.1. The van der Waals surface area contributed by atoms with Crippen molar-refractivity contribution in [3.8, 4) is 11.5 Å². The number of anilines is 2. The van der Waals surface area contributed by atoms with Crippen molar-refractivity contribution in [2.75, 3.05) is 24.4 Å². The molecule has 1 heterocycles. The van der Waals surface area contributed by atoms with E-state index < -0.39 is 0 Å². The number of ether oxygens (including phenoxy) is 2. The predicted molar refractivity (Wildman–Crippen MR) is 120 cm³/mol. The molecular formula is C22H21ClN2O4S. The van der Waals surface area contributed by atoms with E-state index in [0.717, 1.165) is 11.1 Å². The molecule has 0 spiro atoms. The van der Waals surface area contributed by atoms with Crippen LogP contribution in [0, 0.1) is 13.8 Å². The van der Waals surface area contributed by atoms with Gasteiger partial charge in [0.25, 0.3) is 11.8 Å². The highest BCUT2D eigenvalue weighted by atomic mass is 35.5. The minimum atomic E-state index is -0.322. The molecule has 0 saturated heterocycles. The van der Waals surface area contributed by atoms with Crippen molar-refractivity contribution >= 4 is 46.1 Å². The normalized spacial score (nSPS) is 10.4. The molecule has 8 heteroatoms. The van der Waals surface area contributed by atoms with Crippen LogP contribution < -0.4 is 20.1 Å². The summed E-state index contributed by atoms with van der Waals surface area (Å²) < 4.78 is 10.9. The molecule has 0 saturated carbocycles. The fraction of sp³-hybridized carbons (Fsp3) is 0.182. The number of carbonyl (C=O) groups is 2. The molecule has 0 radical (unpaired) electrons. The molecule has 1 aromatic heterocycles. The Kier molecular flexibility index (Phi) is 6.97. The summed E-state index contributed by atoms with van der Waals surface area (Å²) in [6.45, 7) is 3.61. The number of aryl methyl sites for hydroxylation is 2. The molecule has 0 aliphatic carbocycles. The molecule has 30 heavy (non-hydrogen) atoms. The van der Waals surface area contributed by atoms with Gasteiger partial charge in [-0.1, -0.05) is 17.7 Å². The van der Waals surface area contributed by atoms with Crippen molar-refractivity contribution in [3.63, 3.8) is 0 Å². The van der Waals surface area contributed by atoms with Gasteiger partial charge in [-0.2, -0.15) is 0 Å². The standard InChI is InChI=1S/C22H21ClN2O4S/c1-13-9-16(10-14(2)21(13)23)29-12-20(26)24-15-6-7-17(18(11-15)28-3)25-22(27)19-5-4-8-30-19/h4-11H,12H2,1-3H3,(H,24,26)(H,25,27). The maximum atomic E-state index is 12.3. The van der Waals surface area contributed by atoms with Crippen LogP contribution in [0.25, 0.3) is 0 Å². The molecule has 2 N–H and O–H groups in total. The average molecular weight is 445 g/mol. The van der Waals surface area contributed by atoms with E-state index in [9.17, 15) is 9.59 Å². The second kappa shape index (κ2) is 9.65. The Hall–Kier alpha value is -3.03. The molecule has 0 aliphatic rings. The summed E-state index contributed by atoms with van der Waals surface area (Å²) in [5, 5.41) is 8.08. The molecule has 156 valence electrons. The molecule has 3 rings (SSSR count). The van der Waals surface area contributed by atoms with E-state index in [2.05, 4.69) is 10.6 Å². The van der Waals surface area contributed by atoms with Gasteiger partial charge in [-0.15, -0.1) is 11.3 Å². The first-order chi connectivity index (χ1) is 14.4. The van der Waals surface area contributed by atoms with Crippen LogP contribution in [0.1, 0.15) is 20.8 Å². The number of benzene rings is 2. The number of methoxy groups -OCH3 is 1. The minimum absolute atomic E-state index is 0.153. The highest BCUT2D eigenvalue weighted by Gasteiger charge is 2.13. The second-order valence-electron chi connectivity index (χ2n) is 6.55. The number of nitrogens with one attached hydrogen (secondary N) is 2. The first kappa shape index (κ1) is 21.7. The quantitative estimate of drug-likeness (QED) is 0.518. The van der Waals surface area contributed by atoms with Crippen molar-refractivity contribution in [1.29, 1.82) is 0 Å². The van der Waals surface area contributed by atoms with Gasteiger partial charge in [0.05, 0.1) is 17.7 Å². The Bertz CT molecular complexity index is 1040. The zero-order valence-electron chi connectivity index (χ0n) is 16.7. The summed E-state index contributed by atoms with van der Waals surface area (Å²) in [7, 11) is 1.50. The highest BCUT2D eigenvalue weighted by molar-refractivity contribution is 7.12. The van der Waals surface area contributed by atoms with Crippen LogP contribution in [-0.2, 0) is 4.79 Å². The molecule has 2 amide bonds. The molecule has 0 fully saturated rings. The zero-order valence-corrected chi connectivity index (χ0v) is 18.3. The largest absolute Gasteiger partial charge is 0.494 e. The minimum Gasteiger partial charge on any atom is -0.494 e. The summed E-state index contributed by atoms with van der Waals surface area (Å²) in [6.07, 6.45) is 0. The molecule has 0 unspecified atom stereocenters. The van der Waals surface area contributed by atoms with Gasteiger partial charge >= 0.3 is 0 Å². The Morgan fingerprint density at radius 2 is 1.80 bits per heavy atom. The average Bonchev–Trinajstić information content (AvgIpc) is 3.26. The van der Waals surface area contributed by atoms with E-state index in [4.69, 9.17) is 21.1 Å². The number of hydrogen-bond donors (Lipinski definition) is 2. The molecule has 0 bridgehead atoms. The fourth-order valence-corrected chi connectivity index (χ4v) is 3.53. The third-order valence-corrected chi connectivity index (χ3v) is 5.72. The van der Waals surface area contributed by atoms with Crippen LogP contribution in [0.2, 0.25) is 5.02 Å². The van der Waals surface area contributed by atoms with Crippen LogP contribution >= 0.6 is 22.9 Å². The first-order valence-corrected chi connectivity index (χ1v) is 10.4. The third kappa shape index (κ3) is 5.31. The van der Waals surface area contributed by atoms with E-state index >= 15 is 0 Å². The molecule has 6 nitrogen and oxygen atoms in total. The van der Waals surface area contributed by atoms with E-state index in [1.165, 1.54) is 18.4 Å². The van der Waals surface area contributed by atoms with Crippen molar-refractivity contribution in [3.05, 3.63) is 68.9 Å². The van der Waals surface area contributed by atoms with Crippen molar-refractivity contribution in [1.82, 2.24) is 0 Å². The molecule has 0 atom stereocenters. The van der Waals surface area contributed by atoms with Crippen LogP contribution in [0.4, 0.5) is 11.4 Å². The lowest BCUT2D eigenvalue weighted by molar-refractivity contribution is -0.118. The molecular weight excluding hydrogens is 424 g/mol. The molecule has 2 aromatic carbocycles. The number of thiophene rings is 1. The summed E-state index contributed by atoms with van der Waals surface area (Å²) in [5.74, 6) is 0.469. The van der Waals surface area contributed by atoms with E-state index in [1.807, 2.05) is 25.3 Å². The maximum absolute atomic E-state index is 12.3. The lowest BCUT2D eigenvalue weighted by Crippen LogP contribution is -2.20. The van der Waals surface area contributed by atoms with Gasteiger partial charge in [0, 0.05) is 16.8 Å². The number of amides is 2. The summed E-state index contributed by atoms with van der Waals surface area (Å²) in [6, 6.07) is 12.1. The lowest BCUT2D eigenvalue weighted by atomic mass is 10.1. The first-order valence-electron chi connectivity index (χ1n) is 9.09. The number of halogens is 1. The Morgan fingerprint density at radius 3 is 2.43 bits per heavy atom. The van der Waals surface area contributed by atoms with Gasteiger partial charge in [-0.25, -0.2) is 0 Å². The summed E-state index contributed by atoms with van der Waals surface area (Å²) >= 11 is 7.50. The molecule has 3 aromatic rings. The summed E-state index contributed by atoms with van der Waals surface area (Å²) in [5.41, 5.74) is 2.81. The highest BCUT2D eigenvalue weighted by Crippen LogP contribution is 2.29. The van der Waals surface area contributed by atoms with Crippen LogP contribution in [0.5, 0.6) is 11.5 Å².